The molecule has 2 N–H and O–H groups in total. The third-order valence-electron chi connectivity index (χ3n) is 8.28. The van der Waals surface area contributed by atoms with Crippen LogP contribution in [-0.4, -0.2) is 80.3 Å². The second-order valence-corrected chi connectivity index (χ2v) is 11.1. The molecule has 4 heterocycles. The van der Waals surface area contributed by atoms with Gasteiger partial charge in [0, 0.05) is 68.0 Å². The number of hydrogen-bond donors (Lipinski definition) is 2. The fourth-order valence-electron chi connectivity index (χ4n) is 5.95. The van der Waals surface area contributed by atoms with Gasteiger partial charge < -0.3 is 24.8 Å². The Labute approximate surface area is 245 Å². The molecule has 2 aliphatic heterocycles. The van der Waals surface area contributed by atoms with E-state index in [0.717, 1.165) is 12.1 Å². The number of aliphatic hydroxyl groups is 1. The molecule has 2 fully saturated rings. The average molecular weight is 596 g/mol. The molecule has 2 aliphatic rings. The number of nitrogens with zero attached hydrogens (tertiary/aromatic N) is 6. The predicted octanol–water partition coefficient (Wildman–Crippen LogP) is 3.50. The van der Waals surface area contributed by atoms with Gasteiger partial charge in [0.15, 0.2) is 0 Å². The summed E-state index contributed by atoms with van der Waals surface area (Å²) in [6, 6.07) is 10.6. The van der Waals surface area contributed by atoms with E-state index in [9.17, 15) is 27.9 Å². The quantitative estimate of drug-likeness (QED) is 0.364. The van der Waals surface area contributed by atoms with E-state index in [2.05, 4.69) is 15.0 Å². The normalized spacial score (nSPS) is 18.4. The smallest absolute Gasteiger partial charge is 0.393 e. The largest absolute Gasteiger partial charge is 0.416 e. The lowest BCUT2D eigenvalue weighted by Gasteiger charge is -2.41. The van der Waals surface area contributed by atoms with Gasteiger partial charge in [0.1, 0.15) is 6.54 Å². The Kier molecular flexibility index (Phi) is 7.59. The number of nitrogens with one attached hydrogen (secondary N) is 1. The molecule has 0 saturated carbocycles. The van der Waals surface area contributed by atoms with E-state index in [1.54, 1.807) is 23.1 Å². The fraction of sp³-hybridized carbons (Fsp3) is 0.400. The Morgan fingerprint density at radius 1 is 1.02 bits per heavy atom. The Balaban J connectivity index is 1.23. The highest BCUT2D eigenvalue weighted by molar-refractivity contribution is 5.82. The van der Waals surface area contributed by atoms with E-state index in [1.807, 2.05) is 22.8 Å². The number of fused-ring (bicyclic) bond motifs is 1. The zero-order valence-corrected chi connectivity index (χ0v) is 23.6. The van der Waals surface area contributed by atoms with E-state index in [1.165, 1.54) is 23.0 Å². The van der Waals surface area contributed by atoms with Crippen LogP contribution in [0.2, 0.25) is 0 Å². The first-order valence-corrected chi connectivity index (χ1v) is 14.3. The highest BCUT2D eigenvalue weighted by atomic mass is 19.4. The first-order valence-electron chi connectivity index (χ1n) is 14.3. The number of carbonyl (C=O) groups excluding carboxylic acids is 1. The number of piperazine rings is 1. The van der Waals surface area contributed by atoms with Gasteiger partial charge in [0.05, 0.1) is 22.7 Å². The Bertz CT molecular complexity index is 1680. The molecular formula is C30H32F3N7O3. The number of benzene rings is 2. The molecule has 0 aliphatic carbocycles. The number of aromatic amines is 1. The van der Waals surface area contributed by atoms with Crippen molar-refractivity contribution in [3.63, 3.8) is 0 Å². The number of aliphatic hydroxyl groups excluding tert-OH is 1. The first-order chi connectivity index (χ1) is 20.6. The number of halogens is 3. The second kappa shape index (κ2) is 11.4. The molecule has 6 rings (SSSR count). The zero-order chi connectivity index (χ0) is 30.3. The standard InChI is InChI=1S/C30H32F3N7O3/c1-19-17-38(12-13-39(19)27(42)18-40-26-5-3-2-4-24(26)36-29(40)43)25-7-6-21(30(31,32)33)14-23(25)20-15-34-28(35-16-20)37-10-8-22(41)9-11-37/h2-7,14-16,19,22,41H,8-13,17-18H2,1H3,(H,36,43). The Morgan fingerprint density at radius 3 is 2.44 bits per heavy atom. The third kappa shape index (κ3) is 5.81. The number of alkyl halides is 3. The summed E-state index contributed by atoms with van der Waals surface area (Å²) in [7, 11) is 0. The molecule has 43 heavy (non-hydrogen) atoms. The molecule has 10 nitrogen and oxygen atoms in total. The number of H-pyrrole nitrogens is 1. The molecule has 0 radical (unpaired) electrons. The number of aromatic nitrogens is 4. The van der Waals surface area contributed by atoms with Crippen LogP contribution in [0.1, 0.15) is 25.3 Å². The summed E-state index contributed by atoms with van der Waals surface area (Å²) < 4.78 is 42.6. The van der Waals surface area contributed by atoms with Crippen molar-refractivity contribution in [2.24, 2.45) is 0 Å². The molecule has 1 atom stereocenters. The minimum Gasteiger partial charge on any atom is -0.393 e. The van der Waals surface area contributed by atoms with Crippen molar-refractivity contribution >= 4 is 28.6 Å². The second-order valence-electron chi connectivity index (χ2n) is 11.1. The Hall–Kier alpha value is -4.39. The number of piperidine rings is 1. The van der Waals surface area contributed by atoms with Gasteiger partial charge in [-0.3, -0.25) is 9.36 Å². The molecule has 2 saturated heterocycles. The highest BCUT2D eigenvalue weighted by Crippen LogP contribution is 2.38. The van der Waals surface area contributed by atoms with Crippen LogP contribution in [0.3, 0.4) is 0 Å². The minimum atomic E-state index is -4.53. The molecule has 2 aromatic heterocycles. The summed E-state index contributed by atoms with van der Waals surface area (Å²) in [6.45, 7) is 4.11. The highest BCUT2D eigenvalue weighted by Gasteiger charge is 2.33. The minimum absolute atomic E-state index is 0.113. The zero-order valence-electron chi connectivity index (χ0n) is 23.6. The lowest BCUT2D eigenvalue weighted by molar-refractivity contribution is -0.137. The SMILES string of the molecule is CC1CN(c2ccc(C(F)(F)F)cc2-c2cnc(N3CCC(O)CC3)nc2)CCN1C(=O)Cn1c(=O)[nH]c2ccccc21. The maximum absolute atomic E-state index is 13.7. The molecule has 0 bridgehead atoms. The maximum atomic E-state index is 13.7. The molecule has 1 unspecified atom stereocenters. The lowest BCUT2D eigenvalue weighted by atomic mass is 10.0. The topological polar surface area (TPSA) is 111 Å². The number of amides is 1. The van der Waals surface area contributed by atoms with Gasteiger partial charge in [-0.15, -0.1) is 0 Å². The summed E-state index contributed by atoms with van der Waals surface area (Å²) in [4.78, 5) is 43.1. The van der Waals surface area contributed by atoms with Crippen LogP contribution in [0, 0.1) is 0 Å². The number of anilines is 2. The number of hydrogen-bond acceptors (Lipinski definition) is 7. The van der Waals surface area contributed by atoms with Gasteiger partial charge in [-0.1, -0.05) is 12.1 Å². The molecule has 2 aromatic carbocycles. The maximum Gasteiger partial charge on any atom is 0.416 e. The van der Waals surface area contributed by atoms with Crippen molar-refractivity contribution in [1.29, 1.82) is 0 Å². The van der Waals surface area contributed by atoms with Crippen LogP contribution < -0.4 is 15.5 Å². The van der Waals surface area contributed by atoms with Crippen LogP contribution in [0.5, 0.6) is 0 Å². The van der Waals surface area contributed by atoms with E-state index in [-0.39, 0.29) is 30.3 Å². The van der Waals surface area contributed by atoms with Crippen molar-refractivity contribution in [2.75, 3.05) is 42.5 Å². The summed E-state index contributed by atoms with van der Waals surface area (Å²) in [6.07, 6.45) is -0.593. The number of rotatable bonds is 5. The van der Waals surface area contributed by atoms with Crippen molar-refractivity contribution in [3.05, 3.63) is 70.9 Å². The summed E-state index contributed by atoms with van der Waals surface area (Å²) in [5.74, 6) is 0.264. The van der Waals surface area contributed by atoms with E-state index in [4.69, 9.17) is 0 Å². The molecular weight excluding hydrogens is 563 g/mol. The van der Waals surface area contributed by atoms with Gasteiger partial charge in [-0.25, -0.2) is 14.8 Å². The van der Waals surface area contributed by atoms with Gasteiger partial charge in [0.25, 0.3) is 0 Å². The number of imidazole rings is 1. The molecule has 226 valence electrons. The number of para-hydroxylation sites is 2. The molecule has 4 aromatic rings. The lowest BCUT2D eigenvalue weighted by Crippen LogP contribution is -2.55. The van der Waals surface area contributed by atoms with Gasteiger partial charge >= 0.3 is 11.9 Å². The van der Waals surface area contributed by atoms with E-state index in [0.29, 0.717) is 79.4 Å². The predicted molar refractivity (Wildman–Crippen MR) is 156 cm³/mol. The summed E-state index contributed by atoms with van der Waals surface area (Å²) in [5.41, 5.74) is 1.57. The summed E-state index contributed by atoms with van der Waals surface area (Å²) in [5, 5.41) is 9.78. The van der Waals surface area contributed by atoms with E-state index < -0.39 is 11.7 Å². The van der Waals surface area contributed by atoms with Crippen LogP contribution in [0.25, 0.3) is 22.2 Å². The molecule has 0 spiro atoms. The van der Waals surface area contributed by atoms with Crippen molar-refractivity contribution in [1.82, 2.24) is 24.4 Å². The molecule has 1 amide bonds. The first kappa shape index (κ1) is 28.7. The Morgan fingerprint density at radius 2 is 1.74 bits per heavy atom. The van der Waals surface area contributed by atoms with Gasteiger partial charge in [0.2, 0.25) is 11.9 Å². The number of carbonyl (C=O) groups is 1. The fourth-order valence-corrected chi connectivity index (χ4v) is 5.95. The van der Waals surface area contributed by atoms with Crippen molar-refractivity contribution in [2.45, 2.75) is 44.6 Å². The van der Waals surface area contributed by atoms with Gasteiger partial charge in [-0.2, -0.15) is 13.2 Å². The van der Waals surface area contributed by atoms with Crippen LogP contribution >= 0.6 is 0 Å². The summed E-state index contributed by atoms with van der Waals surface area (Å²) >= 11 is 0. The van der Waals surface area contributed by atoms with Gasteiger partial charge in [-0.05, 0) is 50.1 Å². The van der Waals surface area contributed by atoms with Crippen LogP contribution in [0.15, 0.2) is 59.7 Å². The van der Waals surface area contributed by atoms with Crippen molar-refractivity contribution in [3.8, 4) is 11.1 Å². The van der Waals surface area contributed by atoms with Crippen LogP contribution in [-0.2, 0) is 17.5 Å². The average Bonchev–Trinajstić information content (AvgIpc) is 3.31. The monoisotopic (exact) mass is 595 g/mol. The van der Waals surface area contributed by atoms with E-state index >= 15 is 0 Å². The molecule has 13 heteroatoms. The van der Waals surface area contributed by atoms with Crippen LogP contribution in [0.4, 0.5) is 24.8 Å². The third-order valence-corrected chi connectivity index (χ3v) is 8.28. The van der Waals surface area contributed by atoms with Crippen molar-refractivity contribution < 1.29 is 23.1 Å².